The Kier molecular flexibility index (Phi) is 4.49. The van der Waals surface area contributed by atoms with Crippen molar-refractivity contribution in [2.75, 3.05) is 25.3 Å². The average molecular weight is 308 g/mol. The molecule has 0 fully saturated rings. The number of halogens is 1. The van der Waals surface area contributed by atoms with Gasteiger partial charge in [-0.2, -0.15) is 0 Å². The summed E-state index contributed by atoms with van der Waals surface area (Å²) in [4.78, 5) is 16.2. The summed E-state index contributed by atoms with van der Waals surface area (Å²) >= 11 is 5.69. The van der Waals surface area contributed by atoms with Crippen LogP contribution in [0.15, 0.2) is 30.5 Å². The van der Waals surface area contributed by atoms with Gasteiger partial charge >= 0.3 is 0 Å². The Morgan fingerprint density at radius 3 is 2.62 bits per heavy atom. The molecule has 7 heteroatoms. The van der Waals surface area contributed by atoms with Crippen molar-refractivity contribution in [1.82, 2.24) is 4.98 Å². The fourth-order valence-electron chi connectivity index (χ4n) is 1.72. The molecule has 2 rings (SSSR count). The summed E-state index contributed by atoms with van der Waals surface area (Å²) in [6, 6.07) is 6.36. The maximum atomic E-state index is 12.3. The van der Waals surface area contributed by atoms with Crippen LogP contribution >= 0.6 is 11.6 Å². The van der Waals surface area contributed by atoms with Gasteiger partial charge in [-0.1, -0.05) is 11.6 Å². The van der Waals surface area contributed by atoms with Crippen molar-refractivity contribution in [1.29, 1.82) is 0 Å². The minimum absolute atomic E-state index is 0.234. The van der Waals surface area contributed by atoms with Gasteiger partial charge in [0.15, 0.2) is 0 Å². The lowest BCUT2D eigenvalue weighted by atomic mass is 10.1. The summed E-state index contributed by atoms with van der Waals surface area (Å²) < 4.78 is 10.3. The predicted octanol–water partition coefficient (Wildman–Crippen LogP) is 2.59. The molecule has 1 aromatic carbocycles. The first kappa shape index (κ1) is 14.9. The molecule has 0 bridgehead atoms. The van der Waals surface area contributed by atoms with Crippen molar-refractivity contribution < 1.29 is 14.3 Å². The van der Waals surface area contributed by atoms with E-state index >= 15 is 0 Å². The summed E-state index contributed by atoms with van der Waals surface area (Å²) in [5, 5.41) is 3.02. The minimum atomic E-state index is -0.395. The molecule has 3 N–H and O–H groups in total. The molecule has 1 aromatic heterocycles. The zero-order valence-electron chi connectivity index (χ0n) is 11.5. The Morgan fingerprint density at radius 2 is 2.05 bits per heavy atom. The molecular formula is C14H14ClN3O3. The number of carbonyl (C=O) groups excluding carboxylic acids is 1. The first-order valence-electron chi connectivity index (χ1n) is 5.99. The van der Waals surface area contributed by atoms with Gasteiger partial charge in [0.05, 0.1) is 37.4 Å². The minimum Gasteiger partial charge on any atom is -0.497 e. The molecule has 0 saturated heterocycles. The Labute approximate surface area is 126 Å². The van der Waals surface area contributed by atoms with Crippen molar-refractivity contribution in [2.24, 2.45) is 0 Å². The number of hydrogen-bond donors (Lipinski definition) is 2. The highest BCUT2D eigenvalue weighted by atomic mass is 35.5. The second-order valence-electron chi connectivity index (χ2n) is 4.11. The van der Waals surface area contributed by atoms with Crippen molar-refractivity contribution in [3.05, 3.63) is 41.2 Å². The molecule has 0 atom stereocenters. The fourth-order valence-corrected chi connectivity index (χ4v) is 1.84. The van der Waals surface area contributed by atoms with Crippen molar-refractivity contribution in [3.63, 3.8) is 0 Å². The number of nitrogens with one attached hydrogen (secondary N) is 1. The number of methoxy groups -OCH3 is 2. The fraction of sp³-hybridized carbons (Fsp3) is 0.143. The van der Waals surface area contributed by atoms with Gasteiger partial charge in [0.1, 0.15) is 16.7 Å². The second-order valence-corrected chi connectivity index (χ2v) is 4.50. The van der Waals surface area contributed by atoms with Crippen LogP contribution in [-0.2, 0) is 0 Å². The van der Waals surface area contributed by atoms with Crippen LogP contribution in [0.3, 0.4) is 0 Å². The number of hydrogen-bond acceptors (Lipinski definition) is 5. The summed E-state index contributed by atoms with van der Waals surface area (Å²) in [6.45, 7) is 0. The number of rotatable bonds is 4. The monoisotopic (exact) mass is 307 g/mol. The van der Waals surface area contributed by atoms with Crippen LogP contribution in [0.25, 0.3) is 0 Å². The normalized spacial score (nSPS) is 10.0. The molecule has 2 aromatic rings. The summed E-state index contributed by atoms with van der Waals surface area (Å²) in [6.07, 6.45) is 1.45. The molecule has 6 nitrogen and oxygen atoms in total. The van der Waals surface area contributed by atoms with Gasteiger partial charge in [-0.3, -0.25) is 4.79 Å². The van der Waals surface area contributed by atoms with Gasteiger partial charge in [-0.15, -0.1) is 0 Å². The van der Waals surface area contributed by atoms with E-state index in [1.165, 1.54) is 26.5 Å². The molecule has 0 radical (unpaired) electrons. The molecule has 21 heavy (non-hydrogen) atoms. The first-order valence-corrected chi connectivity index (χ1v) is 6.37. The van der Waals surface area contributed by atoms with Gasteiger partial charge < -0.3 is 20.5 Å². The third-order valence-corrected chi connectivity index (χ3v) is 3.02. The van der Waals surface area contributed by atoms with E-state index in [0.717, 1.165) is 0 Å². The second kappa shape index (κ2) is 6.32. The van der Waals surface area contributed by atoms with Crippen LogP contribution in [0.1, 0.15) is 10.4 Å². The zero-order valence-corrected chi connectivity index (χ0v) is 12.3. The van der Waals surface area contributed by atoms with Crippen LogP contribution in [0.4, 0.5) is 11.4 Å². The number of nitrogen functional groups attached to an aromatic ring is 1. The molecule has 0 aliphatic rings. The van der Waals surface area contributed by atoms with Crippen molar-refractivity contribution in [2.45, 2.75) is 0 Å². The van der Waals surface area contributed by atoms with E-state index in [1.807, 2.05) is 0 Å². The molecular weight excluding hydrogens is 294 g/mol. The van der Waals surface area contributed by atoms with Crippen LogP contribution < -0.4 is 20.5 Å². The number of amides is 1. The highest BCUT2D eigenvalue weighted by Gasteiger charge is 2.16. The Morgan fingerprint density at radius 1 is 1.29 bits per heavy atom. The van der Waals surface area contributed by atoms with Gasteiger partial charge in [-0.25, -0.2) is 4.98 Å². The largest absolute Gasteiger partial charge is 0.497 e. The number of nitrogens with two attached hydrogens (primary N) is 1. The number of carbonyl (C=O) groups is 1. The smallest absolute Gasteiger partial charge is 0.258 e. The van der Waals surface area contributed by atoms with Crippen LogP contribution in [0.2, 0.25) is 5.15 Å². The Hall–Kier alpha value is -2.47. The molecule has 0 saturated carbocycles. The van der Waals surface area contributed by atoms with Gasteiger partial charge in [-0.05, 0) is 18.2 Å². The molecule has 1 amide bonds. The molecule has 110 valence electrons. The van der Waals surface area contributed by atoms with Gasteiger partial charge in [0, 0.05) is 6.07 Å². The van der Waals surface area contributed by atoms with Crippen LogP contribution in [-0.4, -0.2) is 25.1 Å². The van der Waals surface area contributed by atoms with E-state index < -0.39 is 5.91 Å². The highest BCUT2D eigenvalue weighted by molar-refractivity contribution is 6.29. The lowest BCUT2D eigenvalue weighted by Gasteiger charge is -2.12. The van der Waals surface area contributed by atoms with E-state index in [1.54, 1.807) is 18.2 Å². The Balaban J connectivity index is 2.32. The third-order valence-electron chi connectivity index (χ3n) is 2.80. The molecule has 0 aliphatic heterocycles. The zero-order chi connectivity index (χ0) is 15.4. The van der Waals surface area contributed by atoms with Crippen LogP contribution in [0, 0.1) is 0 Å². The SMILES string of the molecule is COc1cc(OC)c(N)c(C(=O)Nc2ccc(Cl)nc2)c1. The maximum absolute atomic E-state index is 12.3. The molecule has 0 unspecified atom stereocenters. The van der Waals surface area contributed by atoms with Gasteiger partial charge in [0.25, 0.3) is 5.91 Å². The molecule has 0 spiro atoms. The van der Waals surface area contributed by atoms with E-state index in [2.05, 4.69) is 10.3 Å². The molecule has 0 aliphatic carbocycles. The number of aromatic nitrogens is 1. The third kappa shape index (κ3) is 3.35. The maximum Gasteiger partial charge on any atom is 0.258 e. The lowest BCUT2D eigenvalue weighted by molar-refractivity contribution is 0.102. The topological polar surface area (TPSA) is 86.5 Å². The number of nitrogens with zero attached hydrogens (tertiary/aromatic N) is 1. The van der Waals surface area contributed by atoms with E-state index in [0.29, 0.717) is 22.3 Å². The quantitative estimate of drug-likeness (QED) is 0.669. The first-order chi connectivity index (χ1) is 10.0. The van der Waals surface area contributed by atoms with Crippen molar-refractivity contribution >= 4 is 28.9 Å². The summed E-state index contributed by atoms with van der Waals surface area (Å²) in [5.41, 5.74) is 6.91. The number of ether oxygens (including phenoxy) is 2. The van der Waals surface area contributed by atoms with Crippen LogP contribution in [0.5, 0.6) is 11.5 Å². The highest BCUT2D eigenvalue weighted by Crippen LogP contribution is 2.31. The predicted molar refractivity (Wildman–Crippen MR) is 81.2 cm³/mol. The van der Waals surface area contributed by atoms with E-state index in [-0.39, 0.29) is 11.3 Å². The lowest BCUT2D eigenvalue weighted by Crippen LogP contribution is -2.15. The summed E-state index contributed by atoms with van der Waals surface area (Å²) in [7, 11) is 2.96. The number of pyridine rings is 1. The van der Waals surface area contributed by atoms with Crippen molar-refractivity contribution in [3.8, 4) is 11.5 Å². The van der Waals surface area contributed by atoms with E-state index in [9.17, 15) is 4.79 Å². The molecule has 1 heterocycles. The van der Waals surface area contributed by atoms with E-state index in [4.69, 9.17) is 26.8 Å². The van der Waals surface area contributed by atoms with Gasteiger partial charge in [0.2, 0.25) is 0 Å². The Bertz CT molecular complexity index is 659. The summed E-state index contributed by atoms with van der Waals surface area (Å²) in [5.74, 6) is 0.447. The standard InChI is InChI=1S/C14H14ClN3O3/c1-20-9-5-10(13(16)11(6-9)21-2)14(19)18-8-3-4-12(15)17-7-8/h3-7H,16H2,1-2H3,(H,18,19). The average Bonchev–Trinajstić information content (AvgIpc) is 2.49. The number of benzene rings is 1. The number of anilines is 2.